The molecule has 2 nitrogen and oxygen atoms in total. The van der Waals surface area contributed by atoms with Crippen molar-refractivity contribution in [3.63, 3.8) is 0 Å². The fourth-order valence-corrected chi connectivity index (χ4v) is 2.90. The average molecular weight is 206 g/mol. The molecular formula is C12H15FN2. The molecule has 0 amide bonds. The van der Waals surface area contributed by atoms with Crippen molar-refractivity contribution in [3.8, 4) is 0 Å². The van der Waals surface area contributed by atoms with Gasteiger partial charge in [0.05, 0.1) is 0 Å². The minimum Gasteiger partial charge on any atom is -0.367 e. The van der Waals surface area contributed by atoms with Crippen LogP contribution in [0.1, 0.15) is 18.4 Å². The molecule has 1 aromatic rings. The van der Waals surface area contributed by atoms with E-state index < -0.39 is 0 Å². The number of hydrogen-bond acceptors (Lipinski definition) is 2. The Morgan fingerprint density at radius 2 is 2.20 bits per heavy atom. The molecule has 2 aliphatic rings. The molecule has 2 N–H and O–H groups in total. The average Bonchev–Trinajstić information content (AvgIpc) is 2.61. The highest BCUT2D eigenvalue weighted by Crippen LogP contribution is 2.36. The third-order valence-electron chi connectivity index (χ3n) is 3.69. The Morgan fingerprint density at radius 1 is 1.33 bits per heavy atom. The number of benzene rings is 1. The summed E-state index contributed by atoms with van der Waals surface area (Å²) in [5, 5.41) is 0. The van der Waals surface area contributed by atoms with E-state index in [1.54, 1.807) is 12.1 Å². The van der Waals surface area contributed by atoms with Gasteiger partial charge in [0.1, 0.15) is 5.82 Å². The Morgan fingerprint density at radius 3 is 3.07 bits per heavy atom. The predicted molar refractivity (Wildman–Crippen MR) is 58.4 cm³/mol. The zero-order chi connectivity index (χ0) is 10.4. The van der Waals surface area contributed by atoms with Crippen LogP contribution in [-0.2, 0) is 6.42 Å². The highest BCUT2D eigenvalue weighted by molar-refractivity contribution is 5.58. The van der Waals surface area contributed by atoms with E-state index in [0.29, 0.717) is 6.04 Å². The van der Waals surface area contributed by atoms with Crippen molar-refractivity contribution in [2.45, 2.75) is 31.3 Å². The maximum atomic E-state index is 13.6. The number of fused-ring (bicyclic) bond motifs is 3. The van der Waals surface area contributed by atoms with Gasteiger partial charge in [-0.2, -0.15) is 0 Å². The Bertz CT molecular complexity index is 391. The van der Waals surface area contributed by atoms with Gasteiger partial charge >= 0.3 is 0 Å². The zero-order valence-corrected chi connectivity index (χ0v) is 8.62. The van der Waals surface area contributed by atoms with Gasteiger partial charge in [0, 0.05) is 29.9 Å². The molecule has 0 saturated carbocycles. The first-order valence-corrected chi connectivity index (χ1v) is 5.57. The third-order valence-corrected chi connectivity index (χ3v) is 3.69. The molecule has 80 valence electrons. The van der Waals surface area contributed by atoms with E-state index in [-0.39, 0.29) is 11.9 Å². The van der Waals surface area contributed by atoms with Crippen molar-refractivity contribution >= 4 is 5.69 Å². The topological polar surface area (TPSA) is 29.3 Å². The van der Waals surface area contributed by atoms with Crippen LogP contribution in [0.25, 0.3) is 0 Å². The molecule has 1 fully saturated rings. The monoisotopic (exact) mass is 206 g/mol. The van der Waals surface area contributed by atoms with Gasteiger partial charge in [-0.05, 0) is 31.4 Å². The molecule has 0 aliphatic carbocycles. The number of rotatable bonds is 0. The lowest BCUT2D eigenvalue weighted by molar-refractivity contribution is 0.510. The van der Waals surface area contributed by atoms with Gasteiger partial charge in [0.15, 0.2) is 0 Å². The molecule has 0 radical (unpaired) electrons. The highest BCUT2D eigenvalue weighted by atomic mass is 19.1. The molecule has 2 unspecified atom stereocenters. The summed E-state index contributed by atoms with van der Waals surface area (Å²) in [6.07, 6.45) is 2.85. The van der Waals surface area contributed by atoms with Crippen molar-refractivity contribution in [2.75, 3.05) is 11.4 Å². The SMILES string of the molecule is NC1CCN2c3cccc(F)c3CCC12. The van der Waals surface area contributed by atoms with E-state index in [1.165, 1.54) is 0 Å². The third kappa shape index (κ3) is 1.26. The van der Waals surface area contributed by atoms with Crippen LogP contribution in [-0.4, -0.2) is 18.6 Å². The number of nitrogens with zero attached hydrogens (tertiary/aromatic N) is 1. The summed E-state index contributed by atoms with van der Waals surface area (Å²) >= 11 is 0. The zero-order valence-electron chi connectivity index (χ0n) is 8.62. The van der Waals surface area contributed by atoms with Crippen molar-refractivity contribution in [3.05, 3.63) is 29.6 Å². The smallest absolute Gasteiger partial charge is 0.128 e. The quantitative estimate of drug-likeness (QED) is 0.699. The Balaban J connectivity index is 2.06. The van der Waals surface area contributed by atoms with E-state index in [9.17, 15) is 4.39 Å². The summed E-state index contributed by atoms with van der Waals surface area (Å²) in [5.41, 5.74) is 8.00. The highest BCUT2D eigenvalue weighted by Gasteiger charge is 2.36. The van der Waals surface area contributed by atoms with Crippen molar-refractivity contribution < 1.29 is 4.39 Å². The van der Waals surface area contributed by atoms with Gasteiger partial charge in [-0.15, -0.1) is 0 Å². The van der Waals surface area contributed by atoms with Crippen LogP contribution in [0.2, 0.25) is 0 Å². The first kappa shape index (κ1) is 9.16. The lowest BCUT2D eigenvalue weighted by Gasteiger charge is -2.35. The van der Waals surface area contributed by atoms with Gasteiger partial charge in [-0.1, -0.05) is 6.07 Å². The van der Waals surface area contributed by atoms with Crippen LogP contribution in [0.15, 0.2) is 18.2 Å². The Kier molecular flexibility index (Phi) is 1.96. The molecule has 0 bridgehead atoms. The number of anilines is 1. The van der Waals surface area contributed by atoms with Gasteiger partial charge in [0.25, 0.3) is 0 Å². The molecule has 3 heteroatoms. The molecule has 0 spiro atoms. The van der Waals surface area contributed by atoms with Crippen molar-refractivity contribution in [1.29, 1.82) is 0 Å². The van der Waals surface area contributed by atoms with Crippen LogP contribution in [0.4, 0.5) is 10.1 Å². The van der Waals surface area contributed by atoms with E-state index >= 15 is 0 Å². The summed E-state index contributed by atoms with van der Waals surface area (Å²) in [6.45, 7) is 0.974. The van der Waals surface area contributed by atoms with Crippen LogP contribution in [0.5, 0.6) is 0 Å². The minimum atomic E-state index is -0.0635. The summed E-state index contributed by atoms with van der Waals surface area (Å²) in [7, 11) is 0. The lowest BCUT2D eigenvalue weighted by Crippen LogP contribution is -2.42. The van der Waals surface area contributed by atoms with Crippen LogP contribution in [0.3, 0.4) is 0 Å². The molecule has 0 aromatic heterocycles. The van der Waals surface area contributed by atoms with Crippen LogP contribution < -0.4 is 10.6 Å². The fourth-order valence-electron chi connectivity index (χ4n) is 2.90. The van der Waals surface area contributed by atoms with Gasteiger partial charge in [-0.25, -0.2) is 4.39 Å². The number of halogens is 1. The summed E-state index contributed by atoms with van der Waals surface area (Å²) in [6, 6.07) is 6.05. The molecule has 2 atom stereocenters. The molecule has 1 aromatic carbocycles. The first-order chi connectivity index (χ1) is 7.27. The van der Waals surface area contributed by atoms with Crippen LogP contribution >= 0.6 is 0 Å². The van der Waals surface area contributed by atoms with Gasteiger partial charge in [0.2, 0.25) is 0 Å². The number of hydrogen-bond donors (Lipinski definition) is 1. The lowest BCUT2D eigenvalue weighted by atomic mass is 9.94. The first-order valence-electron chi connectivity index (χ1n) is 5.57. The molecule has 1 saturated heterocycles. The van der Waals surface area contributed by atoms with E-state index in [2.05, 4.69) is 4.90 Å². The molecule has 15 heavy (non-hydrogen) atoms. The summed E-state index contributed by atoms with van der Waals surface area (Å²) < 4.78 is 13.6. The summed E-state index contributed by atoms with van der Waals surface area (Å²) in [4.78, 5) is 2.28. The van der Waals surface area contributed by atoms with E-state index in [1.807, 2.05) is 6.07 Å². The van der Waals surface area contributed by atoms with E-state index in [0.717, 1.165) is 37.1 Å². The normalized spacial score (nSPS) is 28.8. The summed E-state index contributed by atoms with van der Waals surface area (Å²) in [5.74, 6) is -0.0635. The second-order valence-electron chi connectivity index (χ2n) is 4.49. The molecule has 3 rings (SSSR count). The second-order valence-corrected chi connectivity index (χ2v) is 4.49. The maximum absolute atomic E-state index is 13.6. The van der Waals surface area contributed by atoms with E-state index in [4.69, 9.17) is 5.73 Å². The fraction of sp³-hybridized carbons (Fsp3) is 0.500. The van der Waals surface area contributed by atoms with Crippen LogP contribution in [0, 0.1) is 5.82 Å². The minimum absolute atomic E-state index is 0.0635. The number of nitrogens with two attached hydrogens (primary N) is 1. The van der Waals surface area contributed by atoms with Gasteiger partial charge < -0.3 is 10.6 Å². The Labute approximate surface area is 88.9 Å². The van der Waals surface area contributed by atoms with Gasteiger partial charge in [-0.3, -0.25) is 0 Å². The second kappa shape index (κ2) is 3.20. The molecule has 2 aliphatic heterocycles. The maximum Gasteiger partial charge on any atom is 0.128 e. The largest absolute Gasteiger partial charge is 0.367 e. The molecular weight excluding hydrogens is 191 g/mol. The Hall–Kier alpha value is -1.09. The molecule has 2 heterocycles. The van der Waals surface area contributed by atoms with Crippen molar-refractivity contribution in [1.82, 2.24) is 0 Å². The predicted octanol–water partition coefficient (Wildman–Crippen LogP) is 1.68. The standard InChI is InChI=1S/C12H15FN2/c13-9-2-1-3-11-8(9)4-5-12-10(14)6-7-15(11)12/h1-3,10,12H,4-7,14H2. The van der Waals surface area contributed by atoms with Crippen molar-refractivity contribution in [2.24, 2.45) is 5.73 Å².